The highest BCUT2D eigenvalue weighted by Gasteiger charge is 2.27. The number of carbonyl (C=O) groups excluding carboxylic acids is 1. The molecular weight excluding hydrogens is 232 g/mol. The number of carboxylic acid groups (broad SMARTS) is 1. The van der Waals surface area contributed by atoms with Crippen molar-refractivity contribution >= 4 is 12.0 Å². The van der Waals surface area contributed by atoms with E-state index in [2.05, 4.69) is 17.6 Å². The van der Waals surface area contributed by atoms with Gasteiger partial charge in [-0.05, 0) is 32.6 Å². The Kier molecular flexibility index (Phi) is 5.95. The fourth-order valence-electron chi connectivity index (χ4n) is 2.38. The molecule has 0 aromatic heterocycles. The summed E-state index contributed by atoms with van der Waals surface area (Å²) in [6.07, 6.45) is 7.17. The highest BCUT2D eigenvalue weighted by molar-refractivity contribution is 5.74. The van der Waals surface area contributed by atoms with Crippen molar-refractivity contribution in [3.8, 4) is 0 Å². The van der Waals surface area contributed by atoms with Gasteiger partial charge in [0.1, 0.15) is 0 Å². The van der Waals surface area contributed by atoms with E-state index in [-0.39, 0.29) is 18.0 Å². The van der Waals surface area contributed by atoms with E-state index in [0.717, 1.165) is 12.8 Å². The zero-order valence-corrected chi connectivity index (χ0v) is 11.1. The molecule has 0 aromatic rings. The third-order valence-electron chi connectivity index (χ3n) is 3.48. The number of nitrogens with one attached hydrogen (secondary N) is 2. The molecule has 0 aliphatic heterocycles. The summed E-state index contributed by atoms with van der Waals surface area (Å²) >= 11 is 0. The molecule has 1 aliphatic carbocycles. The van der Waals surface area contributed by atoms with Crippen LogP contribution in [0.3, 0.4) is 0 Å². The number of rotatable bonds is 6. The van der Waals surface area contributed by atoms with Crippen molar-refractivity contribution in [2.75, 3.05) is 6.54 Å². The van der Waals surface area contributed by atoms with Crippen molar-refractivity contribution in [1.29, 1.82) is 0 Å². The van der Waals surface area contributed by atoms with E-state index in [1.807, 2.05) is 0 Å². The number of hydrogen-bond donors (Lipinski definition) is 3. The molecule has 0 atom stereocenters. The van der Waals surface area contributed by atoms with Crippen LogP contribution in [0.1, 0.15) is 58.3 Å². The Morgan fingerprint density at radius 1 is 1.17 bits per heavy atom. The first kappa shape index (κ1) is 14.8. The highest BCUT2D eigenvalue weighted by atomic mass is 16.4. The van der Waals surface area contributed by atoms with E-state index in [4.69, 9.17) is 5.11 Å². The molecule has 1 rings (SSSR count). The molecule has 0 saturated heterocycles. The first-order valence-electron chi connectivity index (χ1n) is 6.80. The van der Waals surface area contributed by atoms with Gasteiger partial charge >= 0.3 is 12.0 Å². The highest BCUT2D eigenvalue weighted by Crippen LogP contribution is 2.27. The Balaban J connectivity index is 2.11. The van der Waals surface area contributed by atoms with E-state index >= 15 is 0 Å². The number of aliphatic carboxylic acids is 1. The average molecular weight is 256 g/mol. The molecule has 1 aliphatic rings. The van der Waals surface area contributed by atoms with Crippen LogP contribution < -0.4 is 10.6 Å². The molecule has 1 saturated carbocycles. The van der Waals surface area contributed by atoms with Crippen LogP contribution in [0, 0.1) is 0 Å². The summed E-state index contributed by atoms with van der Waals surface area (Å²) in [6.45, 7) is 2.63. The summed E-state index contributed by atoms with van der Waals surface area (Å²) in [4.78, 5) is 22.0. The first-order chi connectivity index (χ1) is 8.52. The topological polar surface area (TPSA) is 78.4 Å². The SMILES string of the molecule is CC1(NC(=O)NCCCCC(=O)O)CCCCC1. The summed E-state index contributed by atoms with van der Waals surface area (Å²) in [5.41, 5.74) is -0.0661. The van der Waals surface area contributed by atoms with E-state index in [0.29, 0.717) is 19.4 Å². The largest absolute Gasteiger partial charge is 0.481 e. The molecule has 18 heavy (non-hydrogen) atoms. The Labute approximate surface area is 108 Å². The van der Waals surface area contributed by atoms with E-state index < -0.39 is 5.97 Å². The third-order valence-corrected chi connectivity index (χ3v) is 3.48. The Bertz CT molecular complexity index is 286. The quantitative estimate of drug-likeness (QED) is 0.638. The van der Waals surface area contributed by atoms with Crippen molar-refractivity contribution in [1.82, 2.24) is 10.6 Å². The van der Waals surface area contributed by atoms with Gasteiger partial charge in [-0.3, -0.25) is 4.79 Å². The lowest BCUT2D eigenvalue weighted by atomic mass is 9.83. The van der Waals surface area contributed by atoms with E-state index in [1.165, 1.54) is 19.3 Å². The second kappa shape index (κ2) is 7.24. The number of carboxylic acids is 1. The fraction of sp³-hybridized carbons (Fsp3) is 0.846. The molecule has 5 heteroatoms. The van der Waals surface area contributed by atoms with Gasteiger partial charge in [0.2, 0.25) is 0 Å². The predicted molar refractivity (Wildman–Crippen MR) is 69.5 cm³/mol. The minimum absolute atomic E-state index is 0.0661. The maximum Gasteiger partial charge on any atom is 0.315 e. The first-order valence-corrected chi connectivity index (χ1v) is 6.80. The van der Waals surface area contributed by atoms with Crippen molar-refractivity contribution in [2.24, 2.45) is 0 Å². The van der Waals surface area contributed by atoms with E-state index in [1.54, 1.807) is 0 Å². The lowest BCUT2D eigenvalue weighted by Crippen LogP contribution is -2.51. The molecule has 0 bridgehead atoms. The summed E-state index contributed by atoms with van der Waals surface area (Å²) in [5, 5.41) is 14.3. The third kappa shape index (κ3) is 5.89. The second-order valence-corrected chi connectivity index (χ2v) is 5.35. The lowest BCUT2D eigenvalue weighted by molar-refractivity contribution is -0.137. The van der Waals surface area contributed by atoms with Crippen LogP contribution in [0.15, 0.2) is 0 Å². The molecule has 5 nitrogen and oxygen atoms in total. The molecule has 0 unspecified atom stereocenters. The minimum Gasteiger partial charge on any atom is -0.481 e. The maximum absolute atomic E-state index is 11.7. The predicted octanol–water partition coefficient (Wildman–Crippen LogP) is 2.26. The van der Waals surface area contributed by atoms with Gasteiger partial charge < -0.3 is 15.7 Å². The molecule has 1 fully saturated rings. The molecule has 0 aromatic carbocycles. The maximum atomic E-state index is 11.7. The number of amides is 2. The van der Waals surface area contributed by atoms with Crippen LogP contribution in [0.25, 0.3) is 0 Å². The van der Waals surface area contributed by atoms with Crippen LogP contribution >= 0.6 is 0 Å². The number of carbonyl (C=O) groups is 2. The fourth-order valence-corrected chi connectivity index (χ4v) is 2.38. The van der Waals surface area contributed by atoms with Crippen LogP contribution in [0.5, 0.6) is 0 Å². The van der Waals surface area contributed by atoms with Crippen molar-refractivity contribution < 1.29 is 14.7 Å². The van der Waals surface area contributed by atoms with Gasteiger partial charge in [0.25, 0.3) is 0 Å². The molecule has 3 N–H and O–H groups in total. The Morgan fingerprint density at radius 3 is 2.44 bits per heavy atom. The van der Waals surface area contributed by atoms with Crippen LogP contribution in [-0.2, 0) is 4.79 Å². The summed E-state index contributed by atoms with van der Waals surface area (Å²) in [7, 11) is 0. The normalized spacial score (nSPS) is 18.1. The summed E-state index contributed by atoms with van der Waals surface area (Å²) in [6, 6.07) is -0.130. The number of unbranched alkanes of at least 4 members (excludes halogenated alkanes) is 1. The monoisotopic (exact) mass is 256 g/mol. The zero-order valence-electron chi connectivity index (χ0n) is 11.1. The summed E-state index contributed by atoms with van der Waals surface area (Å²) in [5.74, 6) is -0.783. The molecule has 0 spiro atoms. The van der Waals surface area contributed by atoms with Gasteiger partial charge in [-0.25, -0.2) is 4.79 Å². The molecule has 104 valence electrons. The van der Waals surface area contributed by atoms with Crippen molar-refractivity contribution in [3.63, 3.8) is 0 Å². The molecule has 2 amide bonds. The van der Waals surface area contributed by atoms with Gasteiger partial charge in [0, 0.05) is 18.5 Å². The van der Waals surface area contributed by atoms with Gasteiger partial charge in [-0.1, -0.05) is 19.3 Å². The number of hydrogen-bond acceptors (Lipinski definition) is 2. The lowest BCUT2D eigenvalue weighted by Gasteiger charge is -2.34. The van der Waals surface area contributed by atoms with Crippen LogP contribution in [0.2, 0.25) is 0 Å². The summed E-state index contributed by atoms with van der Waals surface area (Å²) < 4.78 is 0. The molecular formula is C13H24N2O3. The van der Waals surface area contributed by atoms with Crippen molar-refractivity contribution in [3.05, 3.63) is 0 Å². The van der Waals surface area contributed by atoms with Crippen molar-refractivity contribution in [2.45, 2.75) is 63.8 Å². The van der Waals surface area contributed by atoms with E-state index in [9.17, 15) is 9.59 Å². The van der Waals surface area contributed by atoms with Gasteiger partial charge in [-0.15, -0.1) is 0 Å². The molecule has 0 heterocycles. The average Bonchev–Trinajstić information content (AvgIpc) is 2.28. The second-order valence-electron chi connectivity index (χ2n) is 5.35. The Hall–Kier alpha value is -1.26. The van der Waals surface area contributed by atoms with Gasteiger partial charge in [0.15, 0.2) is 0 Å². The minimum atomic E-state index is -0.783. The van der Waals surface area contributed by atoms with Gasteiger partial charge in [0.05, 0.1) is 0 Å². The van der Waals surface area contributed by atoms with Gasteiger partial charge in [-0.2, -0.15) is 0 Å². The smallest absolute Gasteiger partial charge is 0.315 e. The molecule has 0 radical (unpaired) electrons. The zero-order chi connectivity index (χ0) is 13.4. The Morgan fingerprint density at radius 2 is 1.83 bits per heavy atom. The number of urea groups is 1. The standard InChI is InChI=1S/C13H24N2O3/c1-13(8-4-2-5-9-13)15-12(18)14-10-6-3-7-11(16)17/h2-10H2,1H3,(H,16,17)(H2,14,15,18). The van der Waals surface area contributed by atoms with Crippen LogP contribution in [0.4, 0.5) is 4.79 Å². The van der Waals surface area contributed by atoms with Crippen LogP contribution in [-0.4, -0.2) is 29.2 Å².